The van der Waals surface area contributed by atoms with E-state index in [-0.39, 0.29) is 51.9 Å². The minimum absolute atomic E-state index is 0.0737. The third-order valence-corrected chi connectivity index (χ3v) is 4.56. The Bertz CT molecular complexity index is 904. The van der Waals surface area contributed by atoms with Gasteiger partial charge in [0.2, 0.25) is 11.9 Å². The van der Waals surface area contributed by atoms with E-state index >= 15 is 0 Å². The monoisotopic (exact) mass is 437 g/mol. The summed E-state index contributed by atoms with van der Waals surface area (Å²) in [4.78, 5) is 19.4. The number of hydrazine groups is 1. The van der Waals surface area contributed by atoms with E-state index in [1.165, 1.54) is 17.1 Å². The lowest BCUT2D eigenvalue weighted by Gasteiger charge is -2.23. The molecular weight excluding hydrogens is 425 g/mol. The highest BCUT2D eigenvalue weighted by molar-refractivity contribution is 6.36. The number of halogens is 6. The zero-order valence-corrected chi connectivity index (χ0v) is 15.8. The van der Waals surface area contributed by atoms with Gasteiger partial charge in [0.25, 0.3) is 0 Å². The second-order valence-electron chi connectivity index (χ2n) is 5.98. The van der Waals surface area contributed by atoms with Crippen molar-refractivity contribution >= 4 is 40.9 Å². The predicted octanol–water partition coefficient (Wildman–Crippen LogP) is 4.19. The lowest BCUT2D eigenvalue weighted by molar-refractivity contribution is -0.138. The van der Waals surface area contributed by atoms with Crippen molar-refractivity contribution in [3.63, 3.8) is 0 Å². The third-order valence-electron chi connectivity index (χ3n) is 3.97. The fraction of sp³-hybridized carbons (Fsp3) is 0.312. The van der Waals surface area contributed by atoms with Crippen molar-refractivity contribution in [3.8, 4) is 11.1 Å². The van der Waals surface area contributed by atoms with Crippen LogP contribution in [-0.2, 0) is 4.79 Å². The molecule has 0 saturated carbocycles. The Morgan fingerprint density at radius 2 is 1.96 bits per heavy atom. The van der Waals surface area contributed by atoms with Crippen molar-refractivity contribution in [2.24, 2.45) is 0 Å². The Morgan fingerprint density at radius 3 is 2.54 bits per heavy atom. The average molecular weight is 438 g/mol. The molecular formula is C16H13Cl2F4N5O. The summed E-state index contributed by atoms with van der Waals surface area (Å²) < 4.78 is 53.6. The van der Waals surface area contributed by atoms with Gasteiger partial charge >= 0.3 is 6.18 Å². The number of anilines is 2. The largest absolute Gasteiger partial charge is 0.408 e. The molecule has 0 aliphatic carbocycles. The van der Waals surface area contributed by atoms with Crippen LogP contribution >= 0.6 is 23.2 Å². The van der Waals surface area contributed by atoms with Crippen LogP contribution in [0, 0.1) is 5.82 Å². The zero-order valence-electron chi connectivity index (χ0n) is 14.2. The molecule has 1 aliphatic heterocycles. The number of carbonyl (C=O) groups is 1. The van der Waals surface area contributed by atoms with Gasteiger partial charge in [0.05, 0.1) is 17.1 Å². The van der Waals surface area contributed by atoms with Crippen molar-refractivity contribution in [3.05, 3.63) is 34.2 Å². The van der Waals surface area contributed by atoms with Crippen molar-refractivity contribution < 1.29 is 22.4 Å². The lowest BCUT2D eigenvalue weighted by Crippen LogP contribution is -2.36. The normalized spacial score (nSPS) is 15.5. The molecule has 0 spiro atoms. The van der Waals surface area contributed by atoms with E-state index in [4.69, 9.17) is 23.2 Å². The molecule has 1 atom stereocenters. The number of benzene rings is 1. The minimum Gasteiger partial charge on any atom is -0.358 e. The number of hydrogen-bond acceptors (Lipinski definition) is 5. The smallest absolute Gasteiger partial charge is 0.358 e. The SMILES string of the molecule is C[C@H](Nc1nc(N2CCC(=O)N2)nc(Cl)c1-c1c(F)cccc1Cl)C(F)(F)F. The van der Waals surface area contributed by atoms with Crippen LogP contribution < -0.4 is 15.8 Å². The molecule has 0 unspecified atom stereocenters. The van der Waals surface area contributed by atoms with Gasteiger partial charge in [-0.15, -0.1) is 0 Å². The van der Waals surface area contributed by atoms with Crippen molar-refractivity contribution in [1.29, 1.82) is 0 Å². The summed E-state index contributed by atoms with van der Waals surface area (Å²) in [7, 11) is 0. The highest BCUT2D eigenvalue weighted by Crippen LogP contribution is 2.40. The van der Waals surface area contributed by atoms with Crippen molar-refractivity contribution in [1.82, 2.24) is 15.4 Å². The van der Waals surface area contributed by atoms with E-state index < -0.39 is 18.0 Å². The second-order valence-corrected chi connectivity index (χ2v) is 6.74. The molecule has 1 fully saturated rings. The Morgan fingerprint density at radius 1 is 1.25 bits per heavy atom. The number of hydrogen-bond donors (Lipinski definition) is 2. The standard InChI is InChI=1S/C16H13Cl2F4N5O/c1-7(16(20,21)22)23-14-12(11-8(17)3-2-4-9(11)19)13(18)24-15(25-14)27-6-5-10(28)26-27/h2-4,7H,5-6H2,1H3,(H,26,28)(H,23,24,25)/t7-/m0/s1. The van der Waals surface area contributed by atoms with Gasteiger partial charge in [0.15, 0.2) is 0 Å². The summed E-state index contributed by atoms with van der Waals surface area (Å²) in [6, 6.07) is 1.77. The molecule has 2 aromatic rings. The molecule has 12 heteroatoms. The Labute approximate surface area is 166 Å². The number of nitrogens with zero attached hydrogens (tertiary/aromatic N) is 3. The first kappa shape index (κ1) is 20.4. The lowest BCUT2D eigenvalue weighted by atomic mass is 10.1. The van der Waals surface area contributed by atoms with Gasteiger partial charge < -0.3 is 5.32 Å². The van der Waals surface area contributed by atoms with E-state index in [0.717, 1.165) is 13.0 Å². The molecule has 1 aromatic carbocycles. The summed E-state index contributed by atoms with van der Waals surface area (Å²) in [6.45, 7) is 1.07. The van der Waals surface area contributed by atoms with Gasteiger partial charge in [0, 0.05) is 12.0 Å². The maximum Gasteiger partial charge on any atom is 0.408 e. The van der Waals surface area contributed by atoms with E-state index in [9.17, 15) is 22.4 Å². The molecule has 2 heterocycles. The first-order chi connectivity index (χ1) is 13.1. The topological polar surface area (TPSA) is 70.2 Å². The first-order valence-electron chi connectivity index (χ1n) is 8.00. The van der Waals surface area contributed by atoms with Gasteiger partial charge in [-0.1, -0.05) is 29.3 Å². The maximum atomic E-state index is 14.4. The second kappa shape index (κ2) is 7.59. The highest BCUT2D eigenvalue weighted by atomic mass is 35.5. The summed E-state index contributed by atoms with van der Waals surface area (Å²) in [5.41, 5.74) is 2.00. The van der Waals surface area contributed by atoms with Crippen LogP contribution in [0.1, 0.15) is 13.3 Å². The Kier molecular flexibility index (Phi) is 5.53. The first-order valence-corrected chi connectivity index (χ1v) is 8.75. The van der Waals surface area contributed by atoms with Crippen LogP contribution in [0.4, 0.5) is 29.3 Å². The Balaban J connectivity index is 2.16. The number of aromatic nitrogens is 2. The molecule has 1 amide bonds. The van der Waals surface area contributed by atoms with E-state index in [1.807, 2.05) is 0 Å². The van der Waals surface area contributed by atoms with Gasteiger partial charge in [-0.3, -0.25) is 15.2 Å². The summed E-state index contributed by atoms with van der Waals surface area (Å²) >= 11 is 12.2. The number of carbonyl (C=O) groups excluding carboxylic acids is 1. The summed E-state index contributed by atoms with van der Waals surface area (Å²) in [5, 5.41) is 3.04. The van der Waals surface area contributed by atoms with E-state index in [0.29, 0.717) is 0 Å². The minimum atomic E-state index is -4.60. The van der Waals surface area contributed by atoms with E-state index in [2.05, 4.69) is 20.7 Å². The van der Waals surface area contributed by atoms with Gasteiger partial charge in [-0.25, -0.2) is 4.39 Å². The van der Waals surface area contributed by atoms with E-state index in [1.54, 1.807) is 0 Å². The maximum absolute atomic E-state index is 14.4. The van der Waals surface area contributed by atoms with Crippen LogP contribution in [0.5, 0.6) is 0 Å². The van der Waals surface area contributed by atoms with Crippen LogP contribution in [0.2, 0.25) is 10.2 Å². The molecule has 0 bridgehead atoms. The highest BCUT2D eigenvalue weighted by Gasteiger charge is 2.37. The number of rotatable bonds is 4. The molecule has 3 rings (SSSR count). The van der Waals surface area contributed by atoms with Crippen molar-refractivity contribution in [2.45, 2.75) is 25.6 Å². The molecule has 150 valence electrons. The number of nitrogens with one attached hydrogen (secondary N) is 2. The molecule has 1 saturated heterocycles. The van der Waals surface area contributed by atoms with Crippen LogP contribution in [0.3, 0.4) is 0 Å². The number of amides is 1. The molecule has 0 radical (unpaired) electrons. The third kappa shape index (κ3) is 4.07. The van der Waals surface area contributed by atoms with Gasteiger partial charge in [-0.05, 0) is 19.1 Å². The van der Waals surface area contributed by atoms with Crippen LogP contribution in [0.25, 0.3) is 11.1 Å². The molecule has 1 aliphatic rings. The zero-order chi connectivity index (χ0) is 20.6. The van der Waals surface area contributed by atoms with Crippen LogP contribution in [0.15, 0.2) is 18.2 Å². The van der Waals surface area contributed by atoms with Crippen LogP contribution in [-0.4, -0.2) is 34.6 Å². The van der Waals surface area contributed by atoms with Crippen molar-refractivity contribution in [2.75, 3.05) is 16.9 Å². The van der Waals surface area contributed by atoms with Gasteiger partial charge in [0.1, 0.15) is 22.8 Å². The quantitative estimate of drug-likeness (QED) is 0.554. The average Bonchev–Trinajstić information content (AvgIpc) is 3.02. The fourth-order valence-corrected chi connectivity index (χ4v) is 3.04. The fourth-order valence-electron chi connectivity index (χ4n) is 2.52. The molecule has 6 nitrogen and oxygen atoms in total. The summed E-state index contributed by atoms with van der Waals surface area (Å²) in [6.07, 6.45) is -4.45. The molecule has 2 N–H and O–H groups in total. The number of alkyl halides is 3. The molecule has 28 heavy (non-hydrogen) atoms. The Hall–Kier alpha value is -2.33. The summed E-state index contributed by atoms with van der Waals surface area (Å²) in [5.74, 6) is -1.61. The molecule has 1 aromatic heterocycles. The predicted molar refractivity (Wildman–Crippen MR) is 96.7 cm³/mol. The van der Waals surface area contributed by atoms with Gasteiger partial charge in [-0.2, -0.15) is 23.1 Å².